The number of hydrogen-bond acceptors (Lipinski definition) is 1. The molecule has 2 unspecified atom stereocenters. The minimum absolute atomic E-state index is 0.626. The molecule has 1 aliphatic carbocycles. The quantitative estimate of drug-likeness (QED) is 0.759. The average Bonchev–Trinajstić information content (AvgIpc) is 2.72. The predicted molar refractivity (Wildman–Crippen MR) is 64.9 cm³/mol. The molecule has 4 heteroatoms. The molecule has 0 aliphatic heterocycles. The lowest BCUT2D eigenvalue weighted by atomic mass is 10.0. The van der Waals surface area contributed by atoms with E-state index >= 15 is 0 Å². The maximum Gasteiger partial charge on any atom is 0.0635 e. The van der Waals surface area contributed by atoms with Gasteiger partial charge in [-0.1, -0.05) is 22.4 Å². The zero-order valence-electron chi connectivity index (χ0n) is 8.21. The van der Waals surface area contributed by atoms with Crippen LogP contribution in [0.4, 0.5) is 0 Å². The first kappa shape index (κ1) is 10.7. The van der Waals surface area contributed by atoms with E-state index in [0.717, 1.165) is 11.0 Å². The first-order valence-corrected chi connectivity index (χ1v) is 6.80. The Kier molecular flexibility index (Phi) is 3.32. The normalized spacial score (nSPS) is 27.1. The topological polar surface area (TPSA) is 17.8 Å². The Balaban J connectivity index is 2.33. The van der Waals surface area contributed by atoms with Crippen LogP contribution in [-0.4, -0.2) is 14.6 Å². The van der Waals surface area contributed by atoms with Crippen LogP contribution in [0.15, 0.2) is 10.7 Å². The fourth-order valence-corrected chi connectivity index (χ4v) is 3.64. The van der Waals surface area contributed by atoms with Gasteiger partial charge < -0.3 is 0 Å². The fraction of sp³-hybridized carbons (Fsp3) is 0.700. The maximum atomic E-state index is 4.36. The van der Waals surface area contributed by atoms with Crippen LogP contribution in [0.3, 0.4) is 0 Å². The van der Waals surface area contributed by atoms with E-state index < -0.39 is 0 Å². The van der Waals surface area contributed by atoms with Gasteiger partial charge in [0.2, 0.25) is 0 Å². The van der Waals surface area contributed by atoms with Gasteiger partial charge in [-0.05, 0) is 35.7 Å². The molecule has 2 atom stereocenters. The highest BCUT2D eigenvalue weighted by Gasteiger charge is 2.30. The molecule has 1 aromatic rings. The first-order chi connectivity index (χ1) is 6.74. The number of nitrogens with zero attached hydrogens (tertiary/aromatic N) is 2. The van der Waals surface area contributed by atoms with Crippen molar-refractivity contribution in [3.8, 4) is 0 Å². The molecule has 0 radical (unpaired) electrons. The van der Waals surface area contributed by atoms with Crippen LogP contribution < -0.4 is 0 Å². The predicted octanol–water partition coefficient (Wildman–Crippen LogP) is 3.70. The van der Waals surface area contributed by atoms with Crippen molar-refractivity contribution in [3.63, 3.8) is 0 Å². The molecular weight excluding hydrogens is 308 g/mol. The highest BCUT2D eigenvalue weighted by atomic mass is 79.9. The SMILES string of the molecule is CCn1ncc(Br)c1C1CCCC1Br. The molecule has 2 nitrogen and oxygen atoms in total. The molecule has 0 amide bonds. The van der Waals surface area contributed by atoms with Gasteiger partial charge in [-0.3, -0.25) is 4.68 Å². The highest BCUT2D eigenvalue weighted by molar-refractivity contribution is 9.10. The van der Waals surface area contributed by atoms with Gasteiger partial charge in [0.1, 0.15) is 0 Å². The van der Waals surface area contributed by atoms with Gasteiger partial charge in [0.25, 0.3) is 0 Å². The van der Waals surface area contributed by atoms with E-state index in [4.69, 9.17) is 0 Å². The van der Waals surface area contributed by atoms with Crippen LogP contribution in [0.5, 0.6) is 0 Å². The Morgan fingerprint density at radius 1 is 1.57 bits per heavy atom. The summed E-state index contributed by atoms with van der Waals surface area (Å²) in [6.07, 6.45) is 5.80. The van der Waals surface area contributed by atoms with E-state index in [0.29, 0.717) is 10.7 Å². The van der Waals surface area contributed by atoms with Crippen LogP contribution >= 0.6 is 31.9 Å². The van der Waals surface area contributed by atoms with Crippen molar-refractivity contribution in [3.05, 3.63) is 16.4 Å². The zero-order chi connectivity index (χ0) is 10.1. The van der Waals surface area contributed by atoms with E-state index in [1.807, 2.05) is 6.20 Å². The van der Waals surface area contributed by atoms with E-state index in [1.54, 1.807) is 0 Å². The van der Waals surface area contributed by atoms with Crippen molar-refractivity contribution in [2.24, 2.45) is 0 Å². The first-order valence-electron chi connectivity index (χ1n) is 5.09. The Hall–Kier alpha value is 0.170. The Morgan fingerprint density at radius 3 is 2.93 bits per heavy atom. The van der Waals surface area contributed by atoms with Crippen molar-refractivity contribution in [2.45, 2.75) is 43.5 Å². The highest BCUT2D eigenvalue weighted by Crippen LogP contribution is 2.41. The molecule has 1 fully saturated rings. The monoisotopic (exact) mass is 320 g/mol. The number of aryl methyl sites for hydroxylation is 1. The Bertz CT molecular complexity index is 322. The second-order valence-corrected chi connectivity index (χ2v) is 5.78. The summed E-state index contributed by atoms with van der Waals surface area (Å²) >= 11 is 7.35. The minimum Gasteiger partial charge on any atom is -0.268 e. The largest absolute Gasteiger partial charge is 0.268 e. The lowest BCUT2D eigenvalue weighted by Crippen LogP contribution is -2.12. The van der Waals surface area contributed by atoms with Gasteiger partial charge in [0.15, 0.2) is 0 Å². The summed E-state index contributed by atoms with van der Waals surface area (Å²) in [6.45, 7) is 3.10. The molecular formula is C10H14Br2N2. The molecule has 14 heavy (non-hydrogen) atoms. The van der Waals surface area contributed by atoms with Crippen molar-refractivity contribution >= 4 is 31.9 Å². The van der Waals surface area contributed by atoms with Crippen molar-refractivity contribution < 1.29 is 0 Å². The molecule has 0 bridgehead atoms. The summed E-state index contributed by atoms with van der Waals surface area (Å²) in [4.78, 5) is 0.626. The lowest BCUT2D eigenvalue weighted by molar-refractivity contribution is 0.573. The van der Waals surface area contributed by atoms with Crippen molar-refractivity contribution in [1.29, 1.82) is 0 Å². The van der Waals surface area contributed by atoms with E-state index in [9.17, 15) is 0 Å². The average molecular weight is 322 g/mol. The second kappa shape index (κ2) is 4.35. The number of alkyl halides is 1. The molecule has 0 N–H and O–H groups in total. The van der Waals surface area contributed by atoms with Gasteiger partial charge in [0.05, 0.1) is 16.4 Å². The van der Waals surface area contributed by atoms with E-state index in [2.05, 4.69) is 48.6 Å². The summed E-state index contributed by atoms with van der Waals surface area (Å²) < 4.78 is 3.27. The molecule has 1 heterocycles. The molecule has 2 rings (SSSR count). The van der Waals surface area contributed by atoms with E-state index in [-0.39, 0.29) is 0 Å². The summed E-state index contributed by atoms with van der Waals surface area (Å²) in [6, 6.07) is 0. The standard InChI is InChI=1S/C10H14Br2N2/c1-2-14-10(9(12)6-13-14)7-4-3-5-8(7)11/h6-8H,2-5H2,1H3. The third kappa shape index (κ3) is 1.78. The van der Waals surface area contributed by atoms with Gasteiger partial charge in [-0.15, -0.1) is 0 Å². The number of halogens is 2. The molecule has 1 saturated carbocycles. The maximum absolute atomic E-state index is 4.36. The van der Waals surface area contributed by atoms with Gasteiger partial charge in [0, 0.05) is 17.3 Å². The molecule has 1 aromatic heterocycles. The molecule has 0 spiro atoms. The number of aromatic nitrogens is 2. The third-order valence-electron chi connectivity index (χ3n) is 2.92. The lowest BCUT2D eigenvalue weighted by Gasteiger charge is -2.16. The number of hydrogen-bond donors (Lipinski definition) is 0. The molecule has 0 aromatic carbocycles. The Labute approximate surface area is 101 Å². The van der Waals surface area contributed by atoms with Gasteiger partial charge in [-0.25, -0.2) is 0 Å². The van der Waals surface area contributed by atoms with Crippen molar-refractivity contribution in [1.82, 2.24) is 9.78 Å². The van der Waals surface area contributed by atoms with Crippen LogP contribution in [0.25, 0.3) is 0 Å². The summed E-state index contributed by atoms with van der Waals surface area (Å²) in [5.41, 5.74) is 1.37. The molecule has 1 aliphatic rings. The Morgan fingerprint density at radius 2 is 2.36 bits per heavy atom. The van der Waals surface area contributed by atoms with Crippen LogP contribution in [0.1, 0.15) is 37.8 Å². The van der Waals surface area contributed by atoms with Crippen molar-refractivity contribution in [2.75, 3.05) is 0 Å². The minimum atomic E-state index is 0.626. The second-order valence-electron chi connectivity index (χ2n) is 3.75. The van der Waals surface area contributed by atoms with E-state index in [1.165, 1.54) is 25.0 Å². The number of rotatable bonds is 2. The zero-order valence-corrected chi connectivity index (χ0v) is 11.4. The molecule has 78 valence electrons. The van der Waals surface area contributed by atoms with Crippen LogP contribution in [0, 0.1) is 0 Å². The smallest absolute Gasteiger partial charge is 0.0635 e. The van der Waals surface area contributed by atoms with Gasteiger partial charge in [-0.2, -0.15) is 5.10 Å². The fourth-order valence-electron chi connectivity index (χ4n) is 2.22. The summed E-state index contributed by atoms with van der Waals surface area (Å²) in [5, 5.41) is 4.36. The van der Waals surface area contributed by atoms with Crippen LogP contribution in [-0.2, 0) is 6.54 Å². The third-order valence-corrected chi connectivity index (χ3v) is 4.62. The summed E-state index contributed by atoms with van der Waals surface area (Å²) in [5.74, 6) is 0.631. The van der Waals surface area contributed by atoms with Gasteiger partial charge >= 0.3 is 0 Å². The molecule has 0 saturated heterocycles. The van der Waals surface area contributed by atoms with Crippen LogP contribution in [0.2, 0.25) is 0 Å². The summed E-state index contributed by atoms with van der Waals surface area (Å²) in [7, 11) is 0.